The molecule has 0 aliphatic carbocycles. The van der Waals surface area contributed by atoms with Crippen molar-refractivity contribution in [1.82, 2.24) is 9.97 Å². The molecule has 0 aliphatic heterocycles. The molecule has 1 N–H and O–H groups in total. The third-order valence-electron chi connectivity index (χ3n) is 2.41. The maximum atomic E-state index is 11.5. The molecule has 2 heterocycles. The summed E-state index contributed by atoms with van der Waals surface area (Å²) in [5.41, 5.74) is 2.40. The average molecular weight is 277 g/mol. The number of ether oxygens (including phenoxy) is 1. The molecule has 0 radical (unpaired) electrons. The summed E-state index contributed by atoms with van der Waals surface area (Å²) in [7, 11) is 0. The Morgan fingerprint density at radius 3 is 3.00 bits per heavy atom. The molecule has 0 aromatic carbocycles. The second-order valence-electron chi connectivity index (χ2n) is 3.92. The number of esters is 1. The van der Waals surface area contributed by atoms with E-state index in [4.69, 9.17) is 4.74 Å². The third kappa shape index (κ3) is 3.75. The smallest absolute Gasteiger partial charge is 0.357 e. The summed E-state index contributed by atoms with van der Waals surface area (Å²) in [5, 5.41) is 5.54. The van der Waals surface area contributed by atoms with Crippen LogP contribution in [0.4, 0.5) is 5.13 Å². The molecule has 0 spiro atoms. The number of carbonyl (C=O) groups is 1. The molecule has 0 amide bonds. The largest absolute Gasteiger partial charge is 0.461 e. The van der Waals surface area contributed by atoms with Crippen molar-refractivity contribution >= 4 is 22.4 Å². The number of pyridine rings is 1. The van der Waals surface area contributed by atoms with Crippen molar-refractivity contribution in [2.24, 2.45) is 0 Å². The molecule has 2 rings (SSSR count). The molecule has 5 nitrogen and oxygen atoms in total. The number of hydrogen-bond donors (Lipinski definition) is 1. The lowest BCUT2D eigenvalue weighted by molar-refractivity contribution is 0.0520. The van der Waals surface area contributed by atoms with Gasteiger partial charge in [0.25, 0.3) is 0 Å². The first kappa shape index (κ1) is 13.5. The minimum atomic E-state index is -0.385. The number of aryl methyl sites for hydroxylation is 1. The van der Waals surface area contributed by atoms with Crippen LogP contribution >= 0.6 is 11.3 Å². The molecule has 19 heavy (non-hydrogen) atoms. The number of thiazole rings is 1. The summed E-state index contributed by atoms with van der Waals surface area (Å²) in [6.07, 6.45) is 1.82. The van der Waals surface area contributed by atoms with Crippen LogP contribution in [0.5, 0.6) is 0 Å². The Balaban J connectivity index is 1.93. The summed E-state index contributed by atoms with van der Waals surface area (Å²) in [4.78, 5) is 19.8. The maximum Gasteiger partial charge on any atom is 0.357 e. The van der Waals surface area contributed by atoms with Gasteiger partial charge in [0.15, 0.2) is 10.8 Å². The van der Waals surface area contributed by atoms with Crippen molar-refractivity contribution in [3.05, 3.63) is 40.7 Å². The summed E-state index contributed by atoms with van der Waals surface area (Å²) in [5.74, 6) is -0.385. The topological polar surface area (TPSA) is 64.1 Å². The normalized spacial score (nSPS) is 10.2. The van der Waals surface area contributed by atoms with E-state index >= 15 is 0 Å². The molecule has 0 saturated heterocycles. The van der Waals surface area contributed by atoms with Gasteiger partial charge in [-0.15, -0.1) is 11.3 Å². The zero-order valence-corrected chi connectivity index (χ0v) is 11.7. The van der Waals surface area contributed by atoms with E-state index in [1.165, 1.54) is 11.3 Å². The van der Waals surface area contributed by atoms with Gasteiger partial charge in [-0.05, 0) is 25.5 Å². The monoisotopic (exact) mass is 277 g/mol. The Kier molecular flexibility index (Phi) is 4.46. The zero-order chi connectivity index (χ0) is 13.7. The van der Waals surface area contributed by atoms with Gasteiger partial charge in [-0.3, -0.25) is 4.98 Å². The van der Waals surface area contributed by atoms with Crippen molar-refractivity contribution in [3.8, 4) is 0 Å². The number of hydrogen-bond acceptors (Lipinski definition) is 6. The van der Waals surface area contributed by atoms with Gasteiger partial charge in [0, 0.05) is 23.8 Å². The van der Waals surface area contributed by atoms with Gasteiger partial charge < -0.3 is 10.1 Å². The molecule has 0 unspecified atom stereocenters. The first-order chi connectivity index (χ1) is 9.19. The minimum absolute atomic E-state index is 0.344. The maximum absolute atomic E-state index is 11.5. The minimum Gasteiger partial charge on any atom is -0.461 e. The highest BCUT2D eigenvalue weighted by Crippen LogP contribution is 2.17. The van der Waals surface area contributed by atoms with Crippen molar-refractivity contribution in [2.75, 3.05) is 11.9 Å². The standard InChI is InChI=1S/C13H15N3O2S/c1-3-18-12(17)11-8-19-13(16-11)15-7-10-5-4-9(2)14-6-10/h4-6,8H,3,7H2,1-2H3,(H,15,16). The molecule has 0 bridgehead atoms. The number of carbonyl (C=O) groups excluding carboxylic acids is 1. The predicted octanol–water partition coefficient (Wildman–Crippen LogP) is 2.64. The van der Waals surface area contributed by atoms with E-state index in [9.17, 15) is 4.79 Å². The highest BCUT2D eigenvalue weighted by atomic mass is 32.1. The number of nitrogens with one attached hydrogen (secondary N) is 1. The van der Waals surface area contributed by atoms with Gasteiger partial charge in [-0.25, -0.2) is 9.78 Å². The molecule has 0 atom stereocenters. The lowest BCUT2D eigenvalue weighted by Crippen LogP contribution is -2.05. The van der Waals surface area contributed by atoms with Crippen LogP contribution in [0.15, 0.2) is 23.7 Å². The zero-order valence-electron chi connectivity index (χ0n) is 10.8. The van der Waals surface area contributed by atoms with Gasteiger partial charge in [0.1, 0.15) is 0 Å². The van der Waals surface area contributed by atoms with Crippen LogP contribution in [0.2, 0.25) is 0 Å². The first-order valence-electron chi connectivity index (χ1n) is 5.97. The van der Waals surface area contributed by atoms with Crippen LogP contribution in [-0.4, -0.2) is 22.5 Å². The van der Waals surface area contributed by atoms with Crippen LogP contribution in [0.25, 0.3) is 0 Å². The summed E-state index contributed by atoms with van der Waals surface area (Å²) >= 11 is 1.38. The molecule has 0 aliphatic rings. The number of rotatable bonds is 5. The Morgan fingerprint density at radius 2 is 2.32 bits per heavy atom. The fraction of sp³-hybridized carbons (Fsp3) is 0.308. The van der Waals surface area contributed by atoms with E-state index < -0.39 is 0 Å². The van der Waals surface area contributed by atoms with Gasteiger partial charge >= 0.3 is 5.97 Å². The van der Waals surface area contributed by atoms with Crippen molar-refractivity contribution in [3.63, 3.8) is 0 Å². The molecule has 2 aromatic rings. The lowest BCUT2D eigenvalue weighted by atomic mass is 10.2. The summed E-state index contributed by atoms with van der Waals surface area (Å²) in [6.45, 7) is 4.70. The van der Waals surface area contributed by atoms with E-state index in [1.54, 1.807) is 12.3 Å². The molecular weight excluding hydrogens is 262 g/mol. The fourth-order valence-electron chi connectivity index (χ4n) is 1.43. The third-order valence-corrected chi connectivity index (χ3v) is 3.21. The van der Waals surface area contributed by atoms with E-state index in [-0.39, 0.29) is 5.97 Å². The van der Waals surface area contributed by atoms with E-state index in [0.29, 0.717) is 24.0 Å². The quantitative estimate of drug-likeness (QED) is 0.851. The molecule has 100 valence electrons. The van der Waals surface area contributed by atoms with E-state index in [2.05, 4.69) is 15.3 Å². The van der Waals surface area contributed by atoms with Crippen molar-refractivity contribution in [2.45, 2.75) is 20.4 Å². The van der Waals surface area contributed by atoms with E-state index in [1.807, 2.05) is 25.3 Å². The molecule has 0 fully saturated rings. The Hall–Kier alpha value is -1.95. The second kappa shape index (κ2) is 6.29. The summed E-state index contributed by atoms with van der Waals surface area (Å²) in [6, 6.07) is 3.97. The van der Waals surface area contributed by atoms with Crippen LogP contribution in [0.3, 0.4) is 0 Å². The highest BCUT2D eigenvalue weighted by molar-refractivity contribution is 7.13. The molecule has 6 heteroatoms. The van der Waals surface area contributed by atoms with Crippen molar-refractivity contribution in [1.29, 1.82) is 0 Å². The molecule has 2 aromatic heterocycles. The van der Waals surface area contributed by atoms with E-state index in [0.717, 1.165) is 11.3 Å². The molecular formula is C13H15N3O2S. The molecule has 0 saturated carbocycles. The first-order valence-corrected chi connectivity index (χ1v) is 6.85. The van der Waals surface area contributed by atoms with Crippen LogP contribution < -0.4 is 5.32 Å². The number of nitrogens with zero attached hydrogens (tertiary/aromatic N) is 2. The Morgan fingerprint density at radius 1 is 1.47 bits per heavy atom. The lowest BCUT2D eigenvalue weighted by Gasteiger charge is -2.02. The van der Waals surface area contributed by atoms with Crippen LogP contribution in [0, 0.1) is 6.92 Å². The van der Waals surface area contributed by atoms with Gasteiger partial charge in [0.2, 0.25) is 0 Å². The van der Waals surface area contributed by atoms with Crippen molar-refractivity contribution < 1.29 is 9.53 Å². The highest BCUT2D eigenvalue weighted by Gasteiger charge is 2.11. The predicted molar refractivity (Wildman–Crippen MR) is 74.4 cm³/mol. The summed E-state index contributed by atoms with van der Waals surface area (Å²) < 4.78 is 4.88. The Bertz CT molecular complexity index is 551. The van der Waals surface area contributed by atoms with Gasteiger partial charge in [0.05, 0.1) is 6.61 Å². The van der Waals surface area contributed by atoms with Gasteiger partial charge in [-0.1, -0.05) is 6.07 Å². The van der Waals surface area contributed by atoms with Gasteiger partial charge in [-0.2, -0.15) is 0 Å². The number of anilines is 1. The van der Waals surface area contributed by atoms with Crippen LogP contribution in [0.1, 0.15) is 28.7 Å². The number of aromatic nitrogens is 2. The van der Waals surface area contributed by atoms with Crippen LogP contribution in [-0.2, 0) is 11.3 Å². The SMILES string of the molecule is CCOC(=O)c1csc(NCc2ccc(C)nc2)n1. The second-order valence-corrected chi connectivity index (χ2v) is 4.78. The Labute approximate surface area is 115 Å². The average Bonchev–Trinajstić information content (AvgIpc) is 2.87. The fourth-order valence-corrected chi connectivity index (χ4v) is 2.11.